The van der Waals surface area contributed by atoms with Crippen LogP contribution in [-0.2, 0) is 0 Å². The van der Waals surface area contributed by atoms with Gasteiger partial charge < -0.3 is 0 Å². The summed E-state index contributed by atoms with van der Waals surface area (Å²) in [5.41, 5.74) is 3.07. The van der Waals surface area contributed by atoms with Crippen LogP contribution in [0.5, 0.6) is 0 Å². The van der Waals surface area contributed by atoms with Gasteiger partial charge in [-0.05, 0) is 30.0 Å². The van der Waals surface area contributed by atoms with E-state index in [-0.39, 0.29) is 0 Å². The van der Waals surface area contributed by atoms with E-state index in [2.05, 4.69) is 21.0 Å². The van der Waals surface area contributed by atoms with Gasteiger partial charge in [-0.1, -0.05) is 11.8 Å². The smallest absolute Gasteiger partial charge is 0.171 e. The summed E-state index contributed by atoms with van der Waals surface area (Å²) >= 11 is 3.33. The standard InChI is InChI=1S/C12H9N3S2/c1-16-12-15-11-10(17-12)6-9(7-14-11)8-2-4-13-5-3-8/h2-7H,1H3. The number of nitrogens with zero attached hydrogens (tertiary/aromatic N) is 3. The summed E-state index contributed by atoms with van der Waals surface area (Å²) in [4.78, 5) is 12.8. The minimum atomic E-state index is 0.831. The summed E-state index contributed by atoms with van der Waals surface area (Å²) in [6, 6.07) is 6.10. The molecule has 0 N–H and O–H groups in total. The zero-order chi connectivity index (χ0) is 11.7. The molecule has 0 saturated carbocycles. The number of hydrogen-bond acceptors (Lipinski definition) is 5. The molecular weight excluding hydrogens is 250 g/mol. The number of pyridine rings is 2. The monoisotopic (exact) mass is 259 g/mol. The van der Waals surface area contributed by atoms with Crippen molar-refractivity contribution < 1.29 is 0 Å². The second-order valence-electron chi connectivity index (χ2n) is 3.47. The highest BCUT2D eigenvalue weighted by Crippen LogP contribution is 2.29. The fourth-order valence-corrected chi connectivity index (χ4v) is 3.07. The fraction of sp³-hybridized carbons (Fsp3) is 0.0833. The van der Waals surface area contributed by atoms with Crippen molar-refractivity contribution in [3.05, 3.63) is 36.8 Å². The Hall–Kier alpha value is -1.46. The maximum absolute atomic E-state index is 4.42. The average Bonchev–Trinajstić information content (AvgIpc) is 2.81. The lowest BCUT2D eigenvalue weighted by Gasteiger charge is -1.99. The largest absolute Gasteiger partial charge is 0.265 e. The van der Waals surface area contributed by atoms with Crippen LogP contribution in [0.15, 0.2) is 41.1 Å². The van der Waals surface area contributed by atoms with Gasteiger partial charge in [-0.3, -0.25) is 4.98 Å². The van der Waals surface area contributed by atoms with Gasteiger partial charge >= 0.3 is 0 Å². The van der Waals surface area contributed by atoms with Crippen LogP contribution in [0.3, 0.4) is 0 Å². The molecule has 0 atom stereocenters. The molecule has 3 rings (SSSR count). The highest BCUT2D eigenvalue weighted by molar-refractivity contribution is 8.00. The van der Waals surface area contributed by atoms with E-state index in [4.69, 9.17) is 0 Å². The first-order valence-corrected chi connectivity index (χ1v) is 7.12. The predicted octanol–water partition coefficient (Wildman–Crippen LogP) is 3.48. The van der Waals surface area contributed by atoms with Crippen molar-refractivity contribution in [1.82, 2.24) is 15.0 Å². The van der Waals surface area contributed by atoms with Gasteiger partial charge in [0.1, 0.15) is 0 Å². The van der Waals surface area contributed by atoms with Gasteiger partial charge in [0.2, 0.25) is 0 Å². The van der Waals surface area contributed by atoms with Crippen molar-refractivity contribution in [2.45, 2.75) is 4.34 Å². The van der Waals surface area contributed by atoms with Gasteiger partial charge in [-0.2, -0.15) is 0 Å². The van der Waals surface area contributed by atoms with Crippen LogP contribution in [-0.4, -0.2) is 21.2 Å². The van der Waals surface area contributed by atoms with E-state index < -0.39 is 0 Å². The molecule has 0 amide bonds. The Bertz CT molecular complexity index is 649. The molecule has 0 bridgehead atoms. The van der Waals surface area contributed by atoms with E-state index in [0.717, 1.165) is 25.8 Å². The first-order valence-electron chi connectivity index (χ1n) is 5.08. The minimum Gasteiger partial charge on any atom is -0.265 e. The van der Waals surface area contributed by atoms with Gasteiger partial charge in [0.05, 0.1) is 4.70 Å². The Labute approximate surface area is 107 Å². The van der Waals surface area contributed by atoms with Gasteiger partial charge in [0, 0.05) is 24.2 Å². The lowest BCUT2D eigenvalue weighted by molar-refractivity contribution is 1.24. The molecule has 0 spiro atoms. The molecular formula is C12H9N3S2. The van der Waals surface area contributed by atoms with E-state index in [1.165, 1.54) is 0 Å². The molecule has 0 aliphatic heterocycles. The first-order chi connectivity index (χ1) is 8.36. The molecule has 3 nitrogen and oxygen atoms in total. The fourth-order valence-electron chi connectivity index (χ4n) is 1.59. The molecule has 3 aromatic rings. The van der Waals surface area contributed by atoms with Crippen LogP contribution in [0.4, 0.5) is 0 Å². The summed E-state index contributed by atoms with van der Waals surface area (Å²) in [6.07, 6.45) is 7.47. The van der Waals surface area contributed by atoms with Gasteiger partial charge in [0.15, 0.2) is 9.99 Å². The van der Waals surface area contributed by atoms with E-state index in [0.29, 0.717) is 0 Å². The first kappa shape index (κ1) is 10.7. The third-order valence-corrected chi connectivity index (χ3v) is 4.39. The lowest BCUT2D eigenvalue weighted by atomic mass is 10.1. The Morgan fingerprint density at radius 1 is 1.18 bits per heavy atom. The number of thioether (sulfide) groups is 1. The van der Waals surface area contributed by atoms with Crippen LogP contribution < -0.4 is 0 Å². The molecule has 84 valence electrons. The Kier molecular flexibility index (Phi) is 2.78. The topological polar surface area (TPSA) is 38.7 Å². The molecule has 0 unspecified atom stereocenters. The van der Waals surface area contributed by atoms with Crippen molar-refractivity contribution >= 4 is 33.4 Å². The molecule has 17 heavy (non-hydrogen) atoms. The highest BCUT2D eigenvalue weighted by Gasteiger charge is 2.06. The number of hydrogen-bond donors (Lipinski definition) is 0. The number of rotatable bonds is 2. The average molecular weight is 259 g/mol. The number of fused-ring (bicyclic) bond motifs is 1. The quantitative estimate of drug-likeness (QED) is 0.660. The van der Waals surface area contributed by atoms with Crippen LogP contribution in [0.25, 0.3) is 21.5 Å². The summed E-state index contributed by atoms with van der Waals surface area (Å²) in [5, 5.41) is 0. The van der Waals surface area contributed by atoms with Crippen molar-refractivity contribution in [2.75, 3.05) is 6.26 Å². The third kappa shape index (κ3) is 2.03. The summed E-state index contributed by atoms with van der Waals surface area (Å²) in [6.45, 7) is 0. The van der Waals surface area contributed by atoms with E-state index in [1.54, 1.807) is 35.5 Å². The van der Waals surface area contributed by atoms with Gasteiger partial charge in [-0.15, -0.1) is 11.3 Å². The van der Waals surface area contributed by atoms with Gasteiger partial charge in [0.25, 0.3) is 0 Å². The maximum Gasteiger partial charge on any atom is 0.171 e. The lowest BCUT2D eigenvalue weighted by Crippen LogP contribution is -1.81. The Balaban J connectivity index is 2.13. The summed E-state index contributed by atoms with van der Waals surface area (Å²) in [7, 11) is 0. The molecule has 0 radical (unpaired) electrons. The van der Waals surface area contributed by atoms with Crippen LogP contribution in [0, 0.1) is 0 Å². The van der Waals surface area contributed by atoms with Crippen molar-refractivity contribution in [2.24, 2.45) is 0 Å². The van der Waals surface area contributed by atoms with Crippen molar-refractivity contribution in [3.8, 4) is 11.1 Å². The maximum atomic E-state index is 4.42. The van der Waals surface area contributed by atoms with E-state index >= 15 is 0 Å². The van der Waals surface area contributed by atoms with Crippen LogP contribution in [0.1, 0.15) is 0 Å². The van der Waals surface area contributed by atoms with Crippen LogP contribution >= 0.6 is 23.1 Å². The third-order valence-electron chi connectivity index (χ3n) is 2.42. The van der Waals surface area contributed by atoms with E-state index in [1.807, 2.05) is 24.6 Å². The second-order valence-corrected chi connectivity index (χ2v) is 5.55. The van der Waals surface area contributed by atoms with Crippen molar-refractivity contribution in [1.29, 1.82) is 0 Å². The number of aromatic nitrogens is 3. The zero-order valence-electron chi connectivity index (χ0n) is 9.12. The van der Waals surface area contributed by atoms with E-state index in [9.17, 15) is 0 Å². The summed E-state index contributed by atoms with van der Waals surface area (Å²) < 4.78 is 2.18. The SMILES string of the molecule is CSc1nc2ncc(-c3ccncc3)cc2s1. The predicted molar refractivity (Wildman–Crippen MR) is 72.4 cm³/mol. The van der Waals surface area contributed by atoms with Gasteiger partial charge in [-0.25, -0.2) is 9.97 Å². The molecule has 0 saturated heterocycles. The molecule has 0 fully saturated rings. The Morgan fingerprint density at radius 3 is 2.76 bits per heavy atom. The zero-order valence-corrected chi connectivity index (χ0v) is 10.8. The molecule has 0 aliphatic carbocycles. The normalized spacial score (nSPS) is 10.9. The molecule has 3 heterocycles. The molecule has 3 aromatic heterocycles. The molecule has 0 aromatic carbocycles. The molecule has 0 aliphatic rings. The molecule has 5 heteroatoms. The Morgan fingerprint density at radius 2 is 2.00 bits per heavy atom. The minimum absolute atomic E-state index is 0.831. The second kappa shape index (κ2) is 4.43. The van der Waals surface area contributed by atoms with Crippen molar-refractivity contribution in [3.63, 3.8) is 0 Å². The highest BCUT2D eigenvalue weighted by atomic mass is 32.2. The summed E-state index contributed by atoms with van der Waals surface area (Å²) in [5.74, 6) is 0. The van der Waals surface area contributed by atoms with Crippen LogP contribution in [0.2, 0.25) is 0 Å². The number of thiazole rings is 1.